The van der Waals surface area contributed by atoms with Crippen LogP contribution in [-0.4, -0.2) is 54.2 Å². The van der Waals surface area contributed by atoms with Gasteiger partial charge in [0, 0.05) is 31.3 Å². The number of ether oxygens (including phenoxy) is 3. The molecule has 1 saturated heterocycles. The van der Waals surface area contributed by atoms with Crippen molar-refractivity contribution in [2.24, 2.45) is 0 Å². The van der Waals surface area contributed by atoms with Gasteiger partial charge in [-0.15, -0.1) is 0 Å². The number of nitrogens with one attached hydrogen (secondary N) is 3. The maximum atomic E-state index is 12.7. The van der Waals surface area contributed by atoms with Crippen LogP contribution in [0.3, 0.4) is 0 Å². The summed E-state index contributed by atoms with van der Waals surface area (Å²) in [7, 11) is 1.53. The van der Waals surface area contributed by atoms with E-state index in [2.05, 4.69) is 25.9 Å². The van der Waals surface area contributed by atoms with Crippen LogP contribution in [0, 0.1) is 0 Å². The highest BCUT2D eigenvalue weighted by atomic mass is 16.6. The Kier molecular flexibility index (Phi) is 6.62. The van der Waals surface area contributed by atoms with E-state index in [1.807, 2.05) is 18.2 Å². The molecule has 0 saturated carbocycles. The highest BCUT2D eigenvalue weighted by Gasteiger charge is 2.29. The number of rotatable bonds is 7. The van der Waals surface area contributed by atoms with Crippen LogP contribution in [0.15, 0.2) is 42.6 Å². The monoisotopic (exact) mass is 477 g/mol. The Labute approximate surface area is 202 Å². The molecule has 1 fully saturated rings. The van der Waals surface area contributed by atoms with Crippen molar-refractivity contribution in [3.63, 3.8) is 0 Å². The van der Waals surface area contributed by atoms with Crippen molar-refractivity contribution in [2.75, 3.05) is 25.6 Å². The van der Waals surface area contributed by atoms with Gasteiger partial charge in [-0.3, -0.25) is 14.6 Å². The first-order valence-electron chi connectivity index (χ1n) is 11.6. The van der Waals surface area contributed by atoms with Crippen LogP contribution in [0.4, 0.5) is 5.69 Å². The third kappa shape index (κ3) is 5.27. The Morgan fingerprint density at radius 2 is 2.00 bits per heavy atom. The molecule has 10 nitrogen and oxygen atoms in total. The van der Waals surface area contributed by atoms with Gasteiger partial charge in [0.15, 0.2) is 11.5 Å². The molecule has 2 aliphatic heterocycles. The van der Waals surface area contributed by atoms with Crippen LogP contribution in [0.2, 0.25) is 0 Å². The van der Waals surface area contributed by atoms with E-state index in [9.17, 15) is 9.59 Å². The minimum Gasteiger partial charge on any atom is -0.486 e. The van der Waals surface area contributed by atoms with Gasteiger partial charge in [-0.05, 0) is 42.7 Å². The number of carbonyl (C=O) groups excluding carboxylic acids is 2. The topological polar surface area (TPSA) is 124 Å². The number of nitrogens with zero attached hydrogens (tertiary/aromatic N) is 2. The number of fused-ring (bicyclic) bond motifs is 2. The average molecular weight is 478 g/mol. The zero-order valence-corrected chi connectivity index (χ0v) is 19.4. The molecule has 10 heteroatoms. The zero-order chi connectivity index (χ0) is 24.2. The summed E-state index contributed by atoms with van der Waals surface area (Å²) < 4.78 is 16.4. The number of benzene rings is 1. The van der Waals surface area contributed by atoms with E-state index in [-0.39, 0.29) is 30.3 Å². The number of methoxy groups -OCH3 is 1. The molecule has 0 aliphatic carbocycles. The fourth-order valence-corrected chi connectivity index (χ4v) is 4.31. The summed E-state index contributed by atoms with van der Waals surface area (Å²) in [5.41, 5.74) is 2.77. The molecule has 0 bridgehead atoms. The first kappa shape index (κ1) is 22.9. The number of aromatic nitrogens is 2. The Morgan fingerprint density at radius 3 is 2.83 bits per heavy atom. The predicted molar refractivity (Wildman–Crippen MR) is 129 cm³/mol. The van der Waals surface area contributed by atoms with Gasteiger partial charge in [0.05, 0.1) is 24.4 Å². The van der Waals surface area contributed by atoms with Gasteiger partial charge in [-0.1, -0.05) is 6.07 Å². The fourth-order valence-electron chi connectivity index (χ4n) is 4.31. The molecule has 3 aromatic rings. The number of pyridine rings is 2. The number of carbonyl (C=O) groups is 2. The van der Waals surface area contributed by atoms with Crippen LogP contribution in [0.5, 0.6) is 17.4 Å². The molecular weight excluding hydrogens is 450 g/mol. The van der Waals surface area contributed by atoms with E-state index in [0.717, 1.165) is 17.1 Å². The van der Waals surface area contributed by atoms with Crippen molar-refractivity contribution in [2.45, 2.75) is 37.9 Å². The lowest BCUT2D eigenvalue weighted by Crippen LogP contribution is -2.53. The van der Waals surface area contributed by atoms with Gasteiger partial charge in [0.1, 0.15) is 18.7 Å². The first-order chi connectivity index (χ1) is 17.1. The Balaban J connectivity index is 1.13. The molecule has 4 heterocycles. The van der Waals surface area contributed by atoms with Gasteiger partial charge in [0.2, 0.25) is 17.7 Å². The van der Waals surface area contributed by atoms with Crippen LogP contribution < -0.4 is 30.2 Å². The lowest BCUT2D eigenvalue weighted by molar-refractivity contribution is -0.126. The van der Waals surface area contributed by atoms with E-state index in [1.165, 1.54) is 7.11 Å². The average Bonchev–Trinajstić information content (AvgIpc) is 2.88. The minimum absolute atomic E-state index is 0.104. The molecule has 0 radical (unpaired) electrons. The van der Waals surface area contributed by atoms with Gasteiger partial charge in [-0.2, -0.15) is 0 Å². The summed E-state index contributed by atoms with van der Waals surface area (Å²) in [4.78, 5) is 34.0. The SMILES string of the molecule is COc1ccc2nccc(NC(=O)CC3CCC(NCc4ccc5c(c4)OCCO5)C(=O)N3)c2n1. The Morgan fingerprint density at radius 1 is 1.14 bits per heavy atom. The Hall–Kier alpha value is -3.92. The summed E-state index contributed by atoms with van der Waals surface area (Å²) in [6, 6.07) is 10.4. The van der Waals surface area contributed by atoms with Crippen molar-refractivity contribution in [3.8, 4) is 17.4 Å². The molecule has 5 rings (SSSR count). The predicted octanol–water partition coefficient (Wildman–Crippen LogP) is 2.18. The largest absolute Gasteiger partial charge is 0.486 e. The van der Waals surface area contributed by atoms with Crippen LogP contribution in [-0.2, 0) is 16.1 Å². The van der Waals surface area contributed by atoms with E-state index in [0.29, 0.717) is 55.2 Å². The van der Waals surface area contributed by atoms with E-state index in [4.69, 9.17) is 14.2 Å². The van der Waals surface area contributed by atoms with Crippen molar-refractivity contribution in [3.05, 3.63) is 48.2 Å². The number of amides is 2. The number of piperidine rings is 1. The lowest BCUT2D eigenvalue weighted by Gasteiger charge is -2.29. The summed E-state index contributed by atoms with van der Waals surface area (Å²) in [5, 5.41) is 9.17. The Bertz CT molecular complexity index is 1250. The van der Waals surface area contributed by atoms with E-state index in [1.54, 1.807) is 24.4 Å². The van der Waals surface area contributed by atoms with Crippen molar-refractivity contribution in [1.82, 2.24) is 20.6 Å². The maximum absolute atomic E-state index is 12.7. The minimum atomic E-state index is -0.316. The van der Waals surface area contributed by atoms with Gasteiger partial charge in [-0.25, -0.2) is 4.98 Å². The normalized spacial score (nSPS) is 19.2. The first-order valence-corrected chi connectivity index (χ1v) is 11.6. The second-order valence-electron chi connectivity index (χ2n) is 8.53. The highest BCUT2D eigenvalue weighted by molar-refractivity contribution is 5.99. The molecule has 2 aliphatic rings. The van der Waals surface area contributed by atoms with Crippen molar-refractivity contribution >= 4 is 28.5 Å². The van der Waals surface area contributed by atoms with E-state index < -0.39 is 0 Å². The molecule has 1 aromatic carbocycles. The molecular formula is C25H27N5O5. The van der Waals surface area contributed by atoms with Gasteiger partial charge < -0.3 is 30.2 Å². The molecule has 2 aromatic heterocycles. The molecule has 182 valence electrons. The molecule has 2 unspecified atom stereocenters. The highest BCUT2D eigenvalue weighted by Crippen LogP contribution is 2.30. The summed E-state index contributed by atoms with van der Waals surface area (Å²) in [5.74, 6) is 1.61. The summed E-state index contributed by atoms with van der Waals surface area (Å²) in [6.45, 7) is 1.62. The standard InChI is InChI=1S/C25H27N5O5/c1-33-23-7-5-17-24(30-23)18(8-9-26-17)29-22(31)13-16-3-4-19(25(32)28-16)27-14-15-2-6-20-21(12-15)35-11-10-34-20/h2,5-9,12,16,19,27H,3-4,10-11,13-14H2,1H3,(H,28,32)(H,26,29,31). The summed E-state index contributed by atoms with van der Waals surface area (Å²) >= 11 is 0. The third-order valence-electron chi connectivity index (χ3n) is 6.10. The van der Waals surface area contributed by atoms with Crippen LogP contribution in [0.1, 0.15) is 24.8 Å². The van der Waals surface area contributed by atoms with Crippen molar-refractivity contribution in [1.29, 1.82) is 0 Å². The number of hydrogen-bond acceptors (Lipinski definition) is 8. The third-order valence-corrected chi connectivity index (χ3v) is 6.10. The maximum Gasteiger partial charge on any atom is 0.237 e. The molecule has 2 atom stereocenters. The molecule has 2 amide bonds. The molecule has 35 heavy (non-hydrogen) atoms. The van der Waals surface area contributed by atoms with Crippen molar-refractivity contribution < 1.29 is 23.8 Å². The van der Waals surface area contributed by atoms with Crippen LogP contribution >= 0.6 is 0 Å². The summed E-state index contributed by atoms with van der Waals surface area (Å²) in [6.07, 6.45) is 3.13. The molecule has 0 spiro atoms. The van der Waals surface area contributed by atoms with Gasteiger partial charge >= 0.3 is 0 Å². The van der Waals surface area contributed by atoms with Crippen LogP contribution in [0.25, 0.3) is 11.0 Å². The molecule has 3 N–H and O–H groups in total. The quantitative estimate of drug-likeness (QED) is 0.473. The lowest BCUT2D eigenvalue weighted by atomic mass is 9.97. The smallest absolute Gasteiger partial charge is 0.237 e. The second kappa shape index (κ2) is 10.1. The number of anilines is 1. The van der Waals surface area contributed by atoms with E-state index >= 15 is 0 Å². The van der Waals surface area contributed by atoms with Gasteiger partial charge in [0.25, 0.3) is 0 Å². The second-order valence-corrected chi connectivity index (χ2v) is 8.53. The number of hydrogen-bond donors (Lipinski definition) is 3. The fraction of sp³-hybridized carbons (Fsp3) is 0.360. The zero-order valence-electron chi connectivity index (χ0n) is 19.4.